The second-order valence-electron chi connectivity index (χ2n) is 10.4. The van der Waals surface area contributed by atoms with Gasteiger partial charge in [0.2, 0.25) is 0 Å². The van der Waals surface area contributed by atoms with E-state index in [9.17, 15) is 9.50 Å². The fraction of sp³-hybridized carbons (Fsp3) is 0.429. The van der Waals surface area contributed by atoms with Crippen LogP contribution in [0, 0.1) is 24.2 Å². The SMILES string of the molecule is [C-]#[N+]c1ccc(C2(O)C[C@H]3CC(OCc4c(-c5c(Cl)cccc5Cl)noc4C4CC4)C[C@H]3C2)c(F)c1. The van der Waals surface area contributed by atoms with Crippen LogP contribution in [0.25, 0.3) is 16.1 Å². The van der Waals surface area contributed by atoms with Crippen LogP contribution in [-0.2, 0) is 16.9 Å². The first-order valence-electron chi connectivity index (χ1n) is 12.3. The largest absolute Gasteiger partial charge is 0.385 e. The summed E-state index contributed by atoms with van der Waals surface area (Å²) in [6.07, 6.45) is 4.77. The molecular formula is C28H25Cl2FN2O3. The molecule has 0 radical (unpaired) electrons. The molecule has 1 aromatic heterocycles. The summed E-state index contributed by atoms with van der Waals surface area (Å²) in [5, 5.41) is 16.7. The zero-order valence-corrected chi connectivity index (χ0v) is 21.0. The summed E-state index contributed by atoms with van der Waals surface area (Å²) in [7, 11) is 0. The van der Waals surface area contributed by atoms with Gasteiger partial charge in [0, 0.05) is 22.6 Å². The first-order valence-corrected chi connectivity index (χ1v) is 13.1. The third-order valence-corrected chi connectivity index (χ3v) is 8.64. The highest BCUT2D eigenvalue weighted by atomic mass is 35.5. The number of rotatable bonds is 6. The monoisotopic (exact) mass is 526 g/mol. The van der Waals surface area contributed by atoms with Gasteiger partial charge in [-0.25, -0.2) is 9.24 Å². The molecule has 186 valence electrons. The van der Waals surface area contributed by atoms with Crippen molar-refractivity contribution < 1.29 is 18.8 Å². The molecule has 0 spiro atoms. The quantitative estimate of drug-likeness (QED) is 0.332. The Bertz CT molecular complexity index is 1330. The summed E-state index contributed by atoms with van der Waals surface area (Å²) >= 11 is 12.9. The summed E-state index contributed by atoms with van der Waals surface area (Å²) in [6.45, 7) is 7.42. The molecule has 4 atom stereocenters. The lowest BCUT2D eigenvalue weighted by atomic mass is 9.88. The van der Waals surface area contributed by atoms with Gasteiger partial charge in [-0.3, -0.25) is 0 Å². The number of hydrogen-bond donors (Lipinski definition) is 1. The van der Waals surface area contributed by atoms with Crippen molar-refractivity contribution in [1.82, 2.24) is 5.16 Å². The molecular weight excluding hydrogens is 502 g/mol. The van der Waals surface area contributed by atoms with E-state index in [0.29, 0.717) is 52.2 Å². The van der Waals surface area contributed by atoms with Crippen LogP contribution in [0.5, 0.6) is 0 Å². The molecule has 0 bridgehead atoms. The van der Waals surface area contributed by atoms with E-state index in [1.165, 1.54) is 6.07 Å². The van der Waals surface area contributed by atoms with E-state index >= 15 is 0 Å². The predicted octanol–water partition coefficient (Wildman–Crippen LogP) is 7.81. The van der Waals surface area contributed by atoms with Crippen molar-refractivity contribution in [2.45, 2.75) is 62.8 Å². The van der Waals surface area contributed by atoms with E-state index in [2.05, 4.69) is 10.0 Å². The zero-order chi connectivity index (χ0) is 25.0. The van der Waals surface area contributed by atoms with Crippen molar-refractivity contribution in [2.24, 2.45) is 11.8 Å². The Labute approximate surface area is 219 Å². The van der Waals surface area contributed by atoms with Gasteiger partial charge in [0.25, 0.3) is 0 Å². The average Bonchev–Trinajstić information content (AvgIpc) is 3.39. The van der Waals surface area contributed by atoms with Crippen molar-refractivity contribution in [3.63, 3.8) is 0 Å². The van der Waals surface area contributed by atoms with Gasteiger partial charge in [0.1, 0.15) is 17.3 Å². The number of hydrogen-bond acceptors (Lipinski definition) is 4. The summed E-state index contributed by atoms with van der Waals surface area (Å²) < 4.78 is 26.8. The molecule has 3 fully saturated rings. The maximum absolute atomic E-state index is 14.6. The molecule has 6 rings (SSSR count). The molecule has 3 aliphatic rings. The summed E-state index contributed by atoms with van der Waals surface area (Å²) in [5.41, 5.74) is 1.54. The number of fused-ring (bicyclic) bond motifs is 1. The minimum atomic E-state index is -1.20. The highest BCUT2D eigenvalue weighted by Gasteiger charge is 2.50. The summed E-state index contributed by atoms with van der Waals surface area (Å²) in [6, 6.07) is 9.72. The van der Waals surface area contributed by atoms with Crippen molar-refractivity contribution in [2.75, 3.05) is 0 Å². The van der Waals surface area contributed by atoms with Crippen molar-refractivity contribution in [3.05, 3.63) is 80.6 Å². The van der Waals surface area contributed by atoms with Gasteiger partial charge < -0.3 is 14.4 Å². The molecule has 5 nitrogen and oxygen atoms in total. The average molecular weight is 527 g/mol. The first kappa shape index (κ1) is 23.9. The Kier molecular flexibility index (Phi) is 6.08. The van der Waals surface area contributed by atoms with Gasteiger partial charge in [-0.2, -0.15) is 0 Å². The molecule has 0 aliphatic heterocycles. The van der Waals surface area contributed by atoms with Gasteiger partial charge in [-0.15, -0.1) is 0 Å². The summed E-state index contributed by atoms with van der Waals surface area (Å²) in [5.74, 6) is 1.20. The Morgan fingerprint density at radius 1 is 1.14 bits per heavy atom. The number of halogens is 3. The number of benzene rings is 2. The minimum Gasteiger partial charge on any atom is -0.385 e. The lowest BCUT2D eigenvalue weighted by Crippen LogP contribution is -2.25. The van der Waals surface area contributed by atoms with Gasteiger partial charge >= 0.3 is 0 Å². The fourth-order valence-electron chi connectivity index (χ4n) is 6.16. The van der Waals surface area contributed by atoms with E-state index in [1.807, 2.05) is 0 Å². The fourth-order valence-corrected chi connectivity index (χ4v) is 6.74. The second-order valence-corrected chi connectivity index (χ2v) is 11.2. The predicted molar refractivity (Wildman–Crippen MR) is 135 cm³/mol. The molecule has 0 saturated heterocycles. The Hall–Kier alpha value is -2.43. The third kappa shape index (κ3) is 4.22. The second kappa shape index (κ2) is 9.15. The van der Waals surface area contributed by atoms with E-state index < -0.39 is 11.4 Å². The van der Waals surface area contributed by atoms with Crippen molar-refractivity contribution in [1.29, 1.82) is 0 Å². The molecule has 2 unspecified atom stereocenters. The van der Waals surface area contributed by atoms with Crippen molar-refractivity contribution >= 4 is 28.9 Å². The highest BCUT2D eigenvalue weighted by molar-refractivity contribution is 6.39. The number of aliphatic hydroxyl groups is 1. The van der Waals surface area contributed by atoms with E-state index in [-0.39, 0.29) is 23.6 Å². The van der Waals surface area contributed by atoms with Gasteiger partial charge in [0.05, 0.1) is 34.9 Å². The van der Waals surface area contributed by atoms with E-state index in [1.54, 1.807) is 30.3 Å². The van der Waals surface area contributed by atoms with E-state index in [0.717, 1.165) is 37.0 Å². The van der Waals surface area contributed by atoms with Crippen LogP contribution in [0.4, 0.5) is 10.1 Å². The highest BCUT2D eigenvalue weighted by Crippen LogP contribution is 2.54. The van der Waals surface area contributed by atoms with Crippen LogP contribution >= 0.6 is 23.2 Å². The first-order chi connectivity index (χ1) is 17.4. The lowest BCUT2D eigenvalue weighted by Gasteiger charge is -2.26. The Morgan fingerprint density at radius 2 is 1.83 bits per heavy atom. The van der Waals surface area contributed by atoms with Crippen LogP contribution in [0.1, 0.15) is 61.3 Å². The molecule has 1 N–H and O–H groups in total. The molecule has 3 aliphatic carbocycles. The van der Waals surface area contributed by atoms with Crippen molar-refractivity contribution in [3.8, 4) is 11.3 Å². The van der Waals surface area contributed by atoms with Crippen LogP contribution in [0.15, 0.2) is 40.9 Å². The topological polar surface area (TPSA) is 59.9 Å². The molecule has 8 heteroatoms. The Balaban J connectivity index is 1.16. The van der Waals surface area contributed by atoms with Crippen LogP contribution in [-0.4, -0.2) is 16.4 Å². The molecule has 0 amide bonds. The lowest BCUT2D eigenvalue weighted by molar-refractivity contribution is 0.00781. The Morgan fingerprint density at radius 3 is 2.44 bits per heavy atom. The number of ether oxygens (including phenoxy) is 1. The molecule has 36 heavy (non-hydrogen) atoms. The maximum atomic E-state index is 14.6. The standard InChI is InChI=1S/C28H25Cl2FN2O3/c1-32-18-7-8-21(24(31)11-18)28(34)12-16-9-19(10-17(16)13-28)35-14-20-26(33-36-27(20)15-5-6-15)25-22(29)3-2-4-23(25)30/h2-4,7-8,11,15-17,19,34H,5-6,9-10,12-14H2/t16-,17+,19?,28?. The molecule has 2 aromatic carbocycles. The van der Waals surface area contributed by atoms with Crippen LogP contribution in [0.3, 0.4) is 0 Å². The molecule has 3 aromatic rings. The molecule has 1 heterocycles. The van der Waals surface area contributed by atoms with Gasteiger partial charge in [0.15, 0.2) is 5.69 Å². The normalized spacial score (nSPS) is 27.2. The number of nitrogens with zero attached hydrogens (tertiary/aromatic N) is 2. The zero-order valence-electron chi connectivity index (χ0n) is 19.5. The van der Waals surface area contributed by atoms with Gasteiger partial charge in [-0.1, -0.05) is 46.6 Å². The maximum Gasteiger partial charge on any atom is 0.190 e. The third-order valence-electron chi connectivity index (χ3n) is 8.01. The van der Waals surface area contributed by atoms with Crippen LogP contribution in [0.2, 0.25) is 10.0 Å². The number of aromatic nitrogens is 1. The molecule has 3 saturated carbocycles. The summed E-state index contributed by atoms with van der Waals surface area (Å²) in [4.78, 5) is 3.27. The van der Waals surface area contributed by atoms with E-state index in [4.69, 9.17) is 39.0 Å². The van der Waals surface area contributed by atoms with Gasteiger partial charge in [-0.05, 0) is 68.6 Å². The minimum absolute atomic E-state index is 0.0374. The smallest absolute Gasteiger partial charge is 0.190 e. The van der Waals surface area contributed by atoms with Crippen LogP contribution < -0.4 is 0 Å².